The maximum Gasteiger partial charge on any atom is 0.159 e. The van der Waals surface area contributed by atoms with Crippen LogP contribution < -0.4 is 0 Å². The first-order valence-electron chi connectivity index (χ1n) is 5.79. The lowest BCUT2D eigenvalue weighted by atomic mass is 10.0. The zero-order valence-electron chi connectivity index (χ0n) is 9.77. The lowest BCUT2D eigenvalue weighted by Crippen LogP contribution is -2.11. The lowest BCUT2D eigenvalue weighted by molar-refractivity contribution is 0.165. The zero-order chi connectivity index (χ0) is 13.0. The van der Waals surface area contributed by atoms with E-state index in [1.54, 1.807) is 11.3 Å². The molecule has 0 saturated carbocycles. The predicted octanol–water partition coefficient (Wildman–Crippen LogP) is 3.56. The summed E-state index contributed by atoms with van der Waals surface area (Å²) in [5, 5.41) is 11.8. The lowest BCUT2D eigenvalue weighted by Gasteiger charge is -2.10. The predicted molar refractivity (Wildman–Crippen MR) is 68.7 cm³/mol. The van der Waals surface area contributed by atoms with Crippen molar-refractivity contribution in [2.75, 3.05) is 0 Å². The van der Waals surface area contributed by atoms with Crippen molar-refractivity contribution < 1.29 is 13.9 Å². The molecule has 0 aliphatic rings. The van der Waals surface area contributed by atoms with Crippen molar-refractivity contribution in [3.63, 3.8) is 0 Å². The summed E-state index contributed by atoms with van der Waals surface area (Å²) in [4.78, 5) is 1.22. The Morgan fingerprint density at radius 3 is 2.67 bits per heavy atom. The maximum absolute atomic E-state index is 13.0. The summed E-state index contributed by atoms with van der Waals surface area (Å²) in [7, 11) is 0. The molecule has 1 aromatic heterocycles. The van der Waals surface area contributed by atoms with Gasteiger partial charge in [0.05, 0.1) is 6.10 Å². The highest BCUT2D eigenvalue weighted by atomic mass is 32.1. The Kier molecular flexibility index (Phi) is 4.44. The van der Waals surface area contributed by atoms with Crippen molar-refractivity contribution in [2.45, 2.75) is 25.4 Å². The number of thiophene rings is 1. The van der Waals surface area contributed by atoms with E-state index in [1.165, 1.54) is 10.9 Å². The highest BCUT2D eigenvalue weighted by Crippen LogP contribution is 2.15. The molecule has 2 rings (SSSR count). The monoisotopic (exact) mass is 268 g/mol. The average Bonchev–Trinajstić information content (AvgIpc) is 2.84. The fraction of sp³-hybridized carbons (Fsp3) is 0.286. The second kappa shape index (κ2) is 6.07. The normalized spacial score (nSPS) is 12.6. The Morgan fingerprint density at radius 2 is 2.00 bits per heavy atom. The number of aliphatic hydroxyl groups is 1. The largest absolute Gasteiger partial charge is 0.393 e. The third kappa shape index (κ3) is 3.62. The SMILES string of the molecule is OC(CCc1cccs1)Cc1ccc(F)c(F)c1. The van der Waals surface area contributed by atoms with Crippen LogP contribution in [0.1, 0.15) is 16.9 Å². The second-order valence-corrected chi connectivity index (χ2v) is 5.26. The van der Waals surface area contributed by atoms with Gasteiger partial charge < -0.3 is 5.11 Å². The van der Waals surface area contributed by atoms with Gasteiger partial charge in [-0.3, -0.25) is 0 Å². The van der Waals surface area contributed by atoms with Crippen molar-refractivity contribution in [1.29, 1.82) is 0 Å². The number of rotatable bonds is 5. The van der Waals surface area contributed by atoms with Gasteiger partial charge in [0.2, 0.25) is 0 Å². The molecule has 0 aliphatic carbocycles. The molecule has 1 nitrogen and oxygen atoms in total. The molecular formula is C14H14F2OS. The van der Waals surface area contributed by atoms with Gasteiger partial charge >= 0.3 is 0 Å². The van der Waals surface area contributed by atoms with Gasteiger partial charge in [0.25, 0.3) is 0 Å². The summed E-state index contributed by atoms with van der Waals surface area (Å²) in [5.74, 6) is -1.72. The van der Waals surface area contributed by atoms with Crippen molar-refractivity contribution in [1.82, 2.24) is 0 Å². The van der Waals surface area contributed by atoms with E-state index in [9.17, 15) is 13.9 Å². The fourth-order valence-electron chi connectivity index (χ4n) is 1.80. The minimum Gasteiger partial charge on any atom is -0.393 e. The van der Waals surface area contributed by atoms with Gasteiger partial charge in [-0.15, -0.1) is 11.3 Å². The summed E-state index contributed by atoms with van der Waals surface area (Å²) in [5.41, 5.74) is 0.618. The topological polar surface area (TPSA) is 20.2 Å². The van der Waals surface area contributed by atoms with E-state index < -0.39 is 17.7 Å². The van der Waals surface area contributed by atoms with E-state index >= 15 is 0 Å². The molecule has 0 fully saturated rings. The third-order valence-corrected chi connectivity index (χ3v) is 3.70. The molecule has 0 aliphatic heterocycles. The van der Waals surface area contributed by atoms with Crippen LogP contribution >= 0.6 is 11.3 Å². The van der Waals surface area contributed by atoms with E-state index in [0.717, 1.165) is 18.6 Å². The van der Waals surface area contributed by atoms with Gasteiger partial charge in [-0.1, -0.05) is 12.1 Å². The molecule has 4 heteroatoms. The standard InChI is InChI=1S/C14H14F2OS/c15-13-6-3-10(9-14(13)16)8-11(17)4-5-12-2-1-7-18-12/h1-3,6-7,9,11,17H,4-5,8H2. The van der Waals surface area contributed by atoms with Crippen LogP contribution in [0.3, 0.4) is 0 Å². The Morgan fingerprint density at radius 1 is 1.17 bits per heavy atom. The van der Waals surface area contributed by atoms with Crippen molar-refractivity contribution in [2.24, 2.45) is 0 Å². The molecule has 0 bridgehead atoms. The summed E-state index contributed by atoms with van der Waals surface area (Å²) < 4.78 is 25.7. The van der Waals surface area contributed by atoms with Crippen molar-refractivity contribution >= 4 is 11.3 Å². The van der Waals surface area contributed by atoms with E-state index in [0.29, 0.717) is 18.4 Å². The Bertz CT molecular complexity index is 497. The summed E-state index contributed by atoms with van der Waals surface area (Å²) in [6.07, 6.45) is 1.25. The molecule has 1 aromatic carbocycles. The molecule has 18 heavy (non-hydrogen) atoms. The van der Waals surface area contributed by atoms with Gasteiger partial charge in [0.1, 0.15) is 0 Å². The summed E-state index contributed by atoms with van der Waals surface area (Å²) >= 11 is 1.65. The third-order valence-electron chi connectivity index (χ3n) is 2.76. The Labute approximate surface area is 109 Å². The first-order chi connectivity index (χ1) is 8.65. The van der Waals surface area contributed by atoms with E-state index in [1.807, 2.05) is 17.5 Å². The van der Waals surface area contributed by atoms with E-state index in [2.05, 4.69) is 0 Å². The van der Waals surface area contributed by atoms with Crippen LogP contribution in [-0.2, 0) is 12.8 Å². The zero-order valence-corrected chi connectivity index (χ0v) is 10.6. The van der Waals surface area contributed by atoms with Crippen LogP contribution in [-0.4, -0.2) is 11.2 Å². The van der Waals surface area contributed by atoms with Gasteiger partial charge in [-0.2, -0.15) is 0 Å². The van der Waals surface area contributed by atoms with Gasteiger partial charge in [-0.25, -0.2) is 8.78 Å². The van der Waals surface area contributed by atoms with Crippen LogP contribution in [0.4, 0.5) is 8.78 Å². The number of hydrogen-bond donors (Lipinski definition) is 1. The molecular weight excluding hydrogens is 254 g/mol. The number of halogens is 2. The van der Waals surface area contributed by atoms with Crippen LogP contribution in [0, 0.1) is 11.6 Å². The van der Waals surface area contributed by atoms with Crippen molar-refractivity contribution in [3.8, 4) is 0 Å². The van der Waals surface area contributed by atoms with Crippen LogP contribution in [0.25, 0.3) is 0 Å². The highest BCUT2D eigenvalue weighted by Gasteiger charge is 2.09. The van der Waals surface area contributed by atoms with Crippen LogP contribution in [0.15, 0.2) is 35.7 Å². The smallest absolute Gasteiger partial charge is 0.159 e. The molecule has 0 amide bonds. The Hall–Kier alpha value is -1.26. The Balaban J connectivity index is 1.86. The molecule has 0 spiro atoms. The number of aryl methyl sites for hydroxylation is 1. The minimum atomic E-state index is -0.863. The number of hydrogen-bond acceptors (Lipinski definition) is 2. The van der Waals surface area contributed by atoms with E-state index in [-0.39, 0.29) is 0 Å². The average molecular weight is 268 g/mol. The molecule has 0 saturated heterocycles. The molecule has 1 N–H and O–H groups in total. The fourth-order valence-corrected chi connectivity index (χ4v) is 2.53. The molecule has 0 radical (unpaired) electrons. The van der Waals surface area contributed by atoms with E-state index in [4.69, 9.17) is 0 Å². The quantitative estimate of drug-likeness (QED) is 0.879. The van der Waals surface area contributed by atoms with Gasteiger partial charge in [0, 0.05) is 4.88 Å². The van der Waals surface area contributed by atoms with Gasteiger partial charge in [-0.05, 0) is 48.4 Å². The second-order valence-electron chi connectivity index (χ2n) is 4.22. The molecule has 1 heterocycles. The van der Waals surface area contributed by atoms with Crippen LogP contribution in [0.5, 0.6) is 0 Å². The number of benzene rings is 1. The van der Waals surface area contributed by atoms with Gasteiger partial charge in [0.15, 0.2) is 11.6 Å². The summed E-state index contributed by atoms with van der Waals surface area (Å²) in [6, 6.07) is 7.74. The highest BCUT2D eigenvalue weighted by molar-refractivity contribution is 7.09. The molecule has 1 atom stereocenters. The first-order valence-corrected chi connectivity index (χ1v) is 6.67. The maximum atomic E-state index is 13.0. The van der Waals surface area contributed by atoms with Crippen LogP contribution in [0.2, 0.25) is 0 Å². The van der Waals surface area contributed by atoms with Crippen molar-refractivity contribution in [3.05, 3.63) is 57.8 Å². The first kappa shape index (κ1) is 13.2. The molecule has 96 valence electrons. The molecule has 2 aromatic rings. The minimum absolute atomic E-state index is 0.350. The summed E-state index contributed by atoms with van der Waals surface area (Å²) in [6.45, 7) is 0. The molecule has 1 unspecified atom stereocenters. The number of aliphatic hydroxyl groups excluding tert-OH is 1.